The first-order chi connectivity index (χ1) is 24.9. The van der Waals surface area contributed by atoms with Gasteiger partial charge in [-0.15, -0.1) is 0 Å². The lowest BCUT2D eigenvalue weighted by molar-refractivity contribution is -0.142. The fourth-order valence-corrected chi connectivity index (χ4v) is 6.53. The van der Waals surface area contributed by atoms with E-state index in [1.165, 1.54) is 6.07 Å². The zero-order chi connectivity index (χ0) is 36.2. The van der Waals surface area contributed by atoms with Crippen LogP contribution >= 0.6 is 0 Å². The number of halogens is 6. The van der Waals surface area contributed by atoms with Crippen molar-refractivity contribution in [2.75, 3.05) is 0 Å². The van der Waals surface area contributed by atoms with E-state index in [2.05, 4.69) is 0 Å². The second-order valence-electron chi connectivity index (χ2n) is 12.4. The molecule has 0 radical (unpaired) electrons. The SMILES string of the molecule is Cc1ccc2c(c1)c1ccccc1n2-c1cc(-c2nc(-c3ccccc3)nc(-c3ccccc3)n2)cc(-c2ccc(C(F)(F)F)cc2C(F)(F)F)c1. The van der Waals surface area contributed by atoms with Gasteiger partial charge in [0.2, 0.25) is 0 Å². The van der Waals surface area contributed by atoms with Crippen LogP contribution in [0.3, 0.4) is 0 Å². The smallest absolute Gasteiger partial charge is 0.309 e. The average molecular weight is 701 g/mol. The van der Waals surface area contributed by atoms with Crippen LogP contribution in [0, 0.1) is 6.92 Å². The van der Waals surface area contributed by atoms with Crippen molar-refractivity contribution in [2.45, 2.75) is 19.3 Å². The summed E-state index contributed by atoms with van der Waals surface area (Å²) >= 11 is 0. The van der Waals surface area contributed by atoms with Gasteiger partial charge in [0.25, 0.3) is 0 Å². The molecule has 8 aromatic rings. The molecule has 2 heterocycles. The Morgan fingerprint density at radius 1 is 0.462 bits per heavy atom. The van der Waals surface area contributed by atoms with Crippen molar-refractivity contribution in [3.05, 3.63) is 156 Å². The van der Waals surface area contributed by atoms with E-state index in [4.69, 9.17) is 15.0 Å². The predicted octanol–water partition coefficient (Wildman–Crippen LogP) is 12.0. The highest BCUT2D eigenvalue weighted by molar-refractivity contribution is 6.09. The molecule has 0 atom stereocenters. The van der Waals surface area contributed by atoms with Crippen molar-refractivity contribution in [3.63, 3.8) is 0 Å². The molecule has 0 N–H and O–H groups in total. The van der Waals surface area contributed by atoms with Gasteiger partial charge in [-0.2, -0.15) is 26.3 Å². The van der Waals surface area contributed by atoms with E-state index in [-0.39, 0.29) is 17.5 Å². The molecule has 0 fully saturated rings. The van der Waals surface area contributed by atoms with Crippen LogP contribution in [-0.4, -0.2) is 19.5 Å². The highest BCUT2D eigenvalue weighted by Crippen LogP contribution is 2.43. The van der Waals surface area contributed by atoms with Crippen LogP contribution in [0.1, 0.15) is 16.7 Å². The molecule has 52 heavy (non-hydrogen) atoms. The lowest BCUT2D eigenvalue weighted by Crippen LogP contribution is -2.12. The van der Waals surface area contributed by atoms with Gasteiger partial charge < -0.3 is 4.57 Å². The molecule has 0 spiro atoms. The van der Waals surface area contributed by atoms with Crippen LogP contribution in [0.4, 0.5) is 26.3 Å². The first-order valence-corrected chi connectivity index (χ1v) is 16.3. The number of para-hydroxylation sites is 1. The number of aromatic nitrogens is 4. The second kappa shape index (κ2) is 12.5. The fraction of sp³-hybridized carbons (Fsp3) is 0.0714. The van der Waals surface area contributed by atoms with Crippen LogP contribution in [0.2, 0.25) is 0 Å². The minimum absolute atomic E-state index is 0.0366. The van der Waals surface area contributed by atoms with Crippen molar-refractivity contribution >= 4 is 21.8 Å². The Morgan fingerprint density at radius 2 is 1.02 bits per heavy atom. The summed E-state index contributed by atoms with van der Waals surface area (Å²) in [6, 6.07) is 38.6. The Kier molecular flexibility index (Phi) is 7.90. The third-order valence-corrected chi connectivity index (χ3v) is 8.92. The number of alkyl halides is 6. The Morgan fingerprint density at radius 3 is 1.63 bits per heavy atom. The molecule has 4 nitrogen and oxygen atoms in total. The van der Waals surface area contributed by atoms with E-state index in [0.717, 1.165) is 33.4 Å². The molecule has 10 heteroatoms. The lowest BCUT2D eigenvalue weighted by atomic mass is 9.94. The average Bonchev–Trinajstić information content (AvgIpc) is 3.47. The molecule has 0 aliphatic carbocycles. The predicted molar refractivity (Wildman–Crippen MR) is 191 cm³/mol. The molecule has 8 rings (SSSR count). The normalized spacial score (nSPS) is 12.1. The van der Waals surface area contributed by atoms with Gasteiger partial charge in [-0.05, 0) is 66.6 Å². The molecule has 0 unspecified atom stereocenters. The summed E-state index contributed by atoms with van der Waals surface area (Å²) in [5.74, 6) is 0.858. The number of benzene rings is 6. The zero-order valence-corrected chi connectivity index (χ0v) is 27.3. The standard InChI is InChI=1S/C42H26F6N4/c1-25-16-19-37-34(20-25)33-14-8-9-15-36(33)52(37)31-22-28(32-18-17-30(41(43,44)45)24-35(32)42(46,47)48)21-29(23-31)40-50-38(26-10-4-2-5-11-26)49-39(51-40)27-12-6-3-7-13-27/h2-24H,1H3. The topological polar surface area (TPSA) is 43.6 Å². The summed E-state index contributed by atoms with van der Waals surface area (Å²) in [5.41, 5.74) is 1.63. The van der Waals surface area contributed by atoms with Gasteiger partial charge in [-0.1, -0.05) is 96.6 Å². The van der Waals surface area contributed by atoms with Gasteiger partial charge in [-0.25, -0.2) is 15.0 Å². The third kappa shape index (κ3) is 6.06. The molecule has 2 aromatic heterocycles. The molecule has 6 aromatic carbocycles. The van der Waals surface area contributed by atoms with Gasteiger partial charge in [0.1, 0.15) is 0 Å². The highest BCUT2D eigenvalue weighted by atomic mass is 19.4. The van der Waals surface area contributed by atoms with Crippen LogP contribution in [0.25, 0.3) is 72.8 Å². The minimum atomic E-state index is -5.09. The summed E-state index contributed by atoms with van der Waals surface area (Å²) in [4.78, 5) is 14.4. The quantitative estimate of drug-likeness (QED) is 0.168. The van der Waals surface area contributed by atoms with E-state index in [1.54, 1.807) is 12.1 Å². The Balaban J connectivity index is 1.45. The summed E-state index contributed by atoms with van der Waals surface area (Å²) in [5, 5.41) is 1.86. The van der Waals surface area contributed by atoms with Crippen LogP contribution in [0.5, 0.6) is 0 Å². The molecule has 0 bridgehead atoms. The molecular weight excluding hydrogens is 674 g/mol. The van der Waals surface area contributed by atoms with Gasteiger partial charge in [0.15, 0.2) is 17.5 Å². The van der Waals surface area contributed by atoms with E-state index in [0.29, 0.717) is 40.1 Å². The Bertz CT molecular complexity index is 2550. The summed E-state index contributed by atoms with van der Waals surface area (Å²) in [6.07, 6.45) is -10.1. The number of nitrogens with zero attached hydrogens (tertiary/aromatic N) is 4. The van der Waals surface area contributed by atoms with Crippen molar-refractivity contribution in [3.8, 4) is 51.0 Å². The molecule has 0 aliphatic rings. The number of rotatable bonds is 5. The molecule has 0 saturated heterocycles. The summed E-state index contributed by atoms with van der Waals surface area (Å²) in [6.45, 7) is 1.98. The van der Waals surface area contributed by atoms with Crippen LogP contribution in [0.15, 0.2) is 140 Å². The van der Waals surface area contributed by atoms with Crippen molar-refractivity contribution in [1.29, 1.82) is 0 Å². The molecule has 0 aliphatic heterocycles. The minimum Gasteiger partial charge on any atom is -0.309 e. The Labute approximate surface area is 293 Å². The maximum absolute atomic E-state index is 14.6. The van der Waals surface area contributed by atoms with Crippen molar-refractivity contribution in [2.24, 2.45) is 0 Å². The van der Waals surface area contributed by atoms with Crippen molar-refractivity contribution < 1.29 is 26.3 Å². The molecule has 256 valence electrons. The van der Waals surface area contributed by atoms with E-state index in [9.17, 15) is 26.3 Å². The zero-order valence-electron chi connectivity index (χ0n) is 27.3. The number of fused-ring (bicyclic) bond motifs is 3. The fourth-order valence-electron chi connectivity index (χ4n) is 6.53. The van der Waals surface area contributed by atoms with Crippen LogP contribution < -0.4 is 0 Å². The second-order valence-corrected chi connectivity index (χ2v) is 12.4. The first kappa shape index (κ1) is 32.9. The highest BCUT2D eigenvalue weighted by Gasteiger charge is 2.38. The number of aryl methyl sites for hydroxylation is 1. The largest absolute Gasteiger partial charge is 0.417 e. The monoisotopic (exact) mass is 700 g/mol. The van der Waals surface area contributed by atoms with Gasteiger partial charge in [-0.3, -0.25) is 0 Å². The Hall–Kier alpha value is -6.29. The van der Waals surface area contributed by atoms with Gasteiger partial charge in [0, 0.05) is 33.2 Å². The summed E-state index contributed by atoms with van der Waals surface area (Å²) in [7, 11) is 0. The third-order valence-electron chi connectivity index (χ3n) is 8.92. The molecular formula is C42H26F6N4. The van der Waals surface area contributed by atoms with Gasteiger partial charge in [0.05, 0.1) is 22.2 Å². The van der Waals surface area contributed by atoms with Gasteiger partial charge >= 0.3 is 12.4 Å². The molecule has 0 saturated carbocycles. The van der Waals surface area contributed by atoms with E-state index < -0.39 is 29.0 Å². The number of hydrogen-bond acceptors (Lipinski definition) is 3. The lowest BCUT2D eigenvalue weighted by Gasteiger charge is -2.18. The number of hydrogen-bond donors (Lipinski definition) is 0. The van der Waals surface area contributed by atoms with Crippen LogP contribution in [-0.2, 0) is 12.4 Å². The maximum atomic E-state index is 14.6. The first-order valence-electron chi connectivity index (χ1n) is 16.3. The van der Waals surface area contributed by atoms with Crippen molar-refractivity contribution in [1.82, 2.24) is 19.5 Å². The summed E-state index contributed by atoms with van der Waals surface area (Å²) < 4.78 is 87.0. The van der Waals surface area contributed by atoms with E-state index >= 15 is 0 Å². The molecule has 0 amide bonds. The van der Waals surface area contributed by atoms with E-state index in [1.807, 2.05) is 115 Å². The maximum Gasteiger partial charge on any atom is 0.417 e.